The Morgan fingerprint density at radius 2 is 2.41 bits per heavy atom. The molecule has 1 spiro atoms. The Bertz CT molecular complexity index is 400. The zero-order valence-electron chi connectivity index (χ0n) is 10.2. The molecule has 1 aromatic rings. The Morgan fingerprint density at radius 3 is 3.00 bits per heavy atom. The number of hydrogen-bond acceptors (Lipinski definition) is 4. The number of hydrogen-bond donors (Lipinski definition) is 1. The van der Waals surface area contributed by atoms with E-state index in [1.807, 2.05) is 12.4 Å². The van der Waals surface area contributed by atoms with Gasteiger partial charge in [0, 0.05) is 6.61 Å². The number of aliphatic hydroxyl groups is 1. The highest BCUT2D eigenvalue weighted by Crippen LogP contribution is 2.47. The Labute approximate surface area is 106 Å². The van der Waals surface area contributed by atoms with Crippen molar-refractivity contribution in [3.8, 4) is 0 Å². The van der Waals surface area contributed by atoms with Gasteiger partial charge in [0.2, 0.25) is 0 Å². The zero-order chi connectivity index (χ0) is 11.9. The predicted molar refractivity (Wildman–Crippen MR) is 67.1 cm³/mol. The van der Waals surface area contributed by atoms with Crippen molar-refractivity contribution in [3.63, 3.8) is 0 Å². The van der Waals surface area contributed by atoms with Crippen LogP contribution in [-0.4, -0.2) is 22.3 Å². The number of ether oxygens (including phenoxy) is 1. The van der Waals surface area contributed by atoms with E-state index in [2.05, 4.69) is 4.98 Å². The molecule has 0 radical (unpaired) electrons. The van der Waals surface area contributed by atoms with Crippen LogP contribution in [0.5, 0.6) is 0 Å². The summed E-state index contributed by atoms with van der Waals surface area (Å²) < 4.78 is 5.91. The van der Waals surface area contributed by atoms with Crippen LogP contribution in [0.15, 0.2) is 5.51 Å². The normalized spacial score (nSPS) is 28.9. The first-order valence-electron chi connectivity index (χ1n) is 6.42. The van der Waals surface area contributed by atoms with Crippen LogP contribution in [0.2, 0.25) is 0 Å². The molecular weight excluding hydrogens is 234 g/mol. The Balaban J connectivity index is 1.73. The highest BCUT2D eigenvalue weighted by Gasteiger charge is 2.44. The summed E-state index contributed by atoms with van der Waals surface area (Å²) in [6.07, 6.45) is 5.29. The summed E-state index contributed by atoms with van der Waals surface area (Å²) in [7, 11) is 0. The Morgan fingerprint density at radius 1 is 1.59 bits per heavy atom. The molecule has 1 aliphatic carbocycles. The summed E-state index contributed by atoms with van der Waals surface area (Å²) >= 11 is 1.58. The summed E-state index contributed by atoms with van der Waals surface area (Å²) in [4.78, 5) is 5.28. The number of aromatic nitrogens is 1. The fourth-order valence-corrected chi connectivity index (χ4v) is 3.94. The van der Waals surface area contributed by atoms with Gasteiger partial charge in [-0.1, -0.05) is 0 Å². The molecule has 1 saturated carbocycles. The van der Waals surface area contributed by atoms with E-state index in [9.17, 15) is 5.11 Å². The van der Waals surface area contributed by atoms with Crippen molar-refractivity contribution < 1.29 is 9.84 Å². The highest BCUT2D eigenvalue weighted by molar-refractivity contribution is 7.09. The zero-order valence-corrected chi connectivity index (χ0v) is 11.0. The summed E-state index contributed by atoms with van der Waals surface area (Å²) in [5.41, 5.74) is 2.92. The lowest BCUT2D eigenvalue weighted by atomic mass is 9.70. The average Bonchev–Trinajstić information content (AvgIpc) is 2.73. The first kappa shape index (κ1) is 11.6. The van der Waals surface area contributed by atoms with Crippen LogP contribution in [0.1, 0.15) is 48.8 Å². The number of thiazole rings is 1. The van der Waals surface area contributed by atoms with Crippen molar-refractivity contribution in [1.82, 2.24) is 4.98 Å². The minimum atomic E-state index is -0.344. The van der Waals surface area contributed by atoms with Crippen LogP contribution in [0, 0.1) is 12.8 Å². The van der Waals surface area contributed by atoms with E-state index in [-0.39, 0.29) is 11.7 Å². The third kappa shape index (κ3) is 2.02. The first-order chi connectivity index (χ1) is 8.20. The molecule has 0 aromatic carbocycles. The molecule has 1 saturated heterocycles. The van der Waals surface area contributed by atoms with Gasteiger partial charge < -0.3 is 9.84 Å². The minimum absolute atomic E-state index is 0.114. The van der Waals surface area contributed by atoms with Gasteiger partial charge in [0.15, 0.2) is 0 Å². The molecule has 1 aliphatic heterocycles. The third-order valence-corrected chi connectivity index (χ3v) is 5.30. The van der Waals surface area contributed by atoms with Crippen LogP contribution in [0.25, 0.3) is 0 Å². The van der Waals surface area contributed by atoms with Gasteiger partial charge >= 0.3 is 0 Å². The fourth-order valence-electron chi connectivity index (χ4n) is 3.06. The van der Waals surface area contributed by atoms with Gasteiger partial charge in [-0.2, -0.15) is 0 Å². The van der Waals surface area contributed by atoms with Crippen molar-refractivity contribution in [1.29, 1.82) is 0 Å². The van der Waals surface area contributed by atoms with Crippen LogP contribution in [0.3, 0.4) is 0 Å². The van der Waals surface area contributed by atoms with E-state index in [0.29, 0.717) is 5.92 Å². The maximum Gasteiger partial charge on any atom is 0.0930 e. The van der Waals surface area contributed by atoms with Crippen molar-refractivity contribution in [2.75, 3.05) is 6.61 Å². The van der Waals surface area contributed by atoms with Crippen LogP contribution >= 0.6 is 11.3 Å². The molecule has 94 valence electrons. The molecule has 0 amide bonds. The van der Waals surface area contributed by atoms with Crippen LogP contribution in [-0.2, 0) is 4.74 Å². The first-order valence-corrected chi connectivity index (χ1v) is 7.30. The third-order valence-electron chi connectivity index (χ3n) is 4.29. The van der Waals surface area contributed by atoms with E-state index in [4.69, 9.17) is 4.74 Å². The molecule has 17 heavy (non-hydrogen) atoms. The lowest BCUT2D eigenvalue weighted by molar-refractivity contribution is -0.157. The number of nitrogens with zero attached hydrogens (tertiary/aromatic N) is 1. The molecule has 3 rings (SSSR count). The number of aryl methyl sites for hydroxylation is 1. The van der Waals surface area contributed by atoms with Crippen LogP contribution < -0.4 is 0 Å². The van der Waals surface area contributed by atoms with Crippen molar-refractivity contribution in [2.45, 2.75) is 50.7 Å². The summed E-state index contributed by atoms with van der Waals surface area (Å²) in [5, 5.41) is 10.5. The number of aliphatic hydroxyl groups excluding tert-OH is 1. The Kier molecular flexibility index (Phi) is 2.97. The smallest absolute Gasteiger partial charge is 0.0930 e. The van der Waals surface area contributed by atoms with E-state index in [0.717, 1.165) is 30.0 Å². The topological polar surface area (TPSA) is 42.4 Å². The van der Waals surface area contributed by atoms with Gasteiger partial charge in [0.25, 0.3) is 0 Å². The van der Waals surface area contributed by atoms with Gasteiger partial charge in [0.1, 0.15) is 0 Å². The molecule has 0 bridgehead atoms. The lowest BCUT2D eigenvalue weighted by Gasteiger charge is -2.48. The monoisotopic (exact) mass is 253 g/mol. The second-order valence-corrected chi connectivity index (χ2v) is 6.27. The van der Waals surface area contributed by atoms with E-state index < -0.39 is 0 Å². The van der Waals surface area contributed by atoms with Crippen molar-refractivity contribution >= 4 is 11.3 Å². The molecule has 2 fully saturated rings. The number of rotatable bonds is 2. The Hall–Kier alpha value is -0.450. The van der Waals surface area contributed by atoms with E-state index in [1.54, 1.807) is 11.3 Å². The van der Waals surface area contributed by atoms with E-state index in [1.165, 1.54) is 19.3 Å². The van der Waals surface area contributed by atoms with Gasteiger partial charge in [-0.05, 0) is 44.9 Å². The summed E-state index contributed by atoms with van der Waals surface area (Å²) in [6.45, 7) is 2.78. The van der Waals surface area contributed by atoms with Crippen molar-refractivity contribution in [3.05, 3.63) is 16.1 Å². The van der Waals surface area contributed by atoms with Crippen molar-refractivity contribution in [2.24, 2.45) is 5.92 Å². The maximum atomic E-state index is 10.5. The second-order valence-electron chi connectivity index (χ2n) is 5.38. The average molecular weight is 253 g/mol. The van der Waals surface area contributed by atoms with Gasteiger partial charge in [-0.15, -0.1) is 11.3 Å². The molecule has 2 atom stereocenters. The molecule has 1 N–H and O–H groups in total. The lowest BCUT2D eigenvalue weighted by Crippen LogP contribution is -2.46. The van der Waals surface area contributed by atoms with E-state index >= 15 is 0 Å². The SMILES string of the molecule is Cc1ncsc1C(O)C1CCOC2(CCC2)C1. The summed E-state index contributed by atoms with van der Waals surface area (Å²) in [5.74, 6) is 0.350. The van der Waals surface area contributed by atoms with Gasteiger partial charge in [-0.25, -0.2) is 4.98 Å². The predicted octanol–water partition coefficient (Wildman–Crippen LogP) is 2.83. The second kappa shape index (κ2) is 4.34. The quantitative estimate of drug-likeness (QED) is 0.881. The highest BCUT2D eigenvalue weighted by atomic mass is 32.1. The van der Waals surface area contributed by atoms with Crippen LogP contribution in [0.4, 0.5) is 0 Å². The molecular formula is C13H19NO2S. The largest absolute Gasteiger partial charge is 0.387 e. The minimum Gasteiger partial charge on any atom is -0.387 e. The molecule has 2 aliphatic rings. The molecule has 4 heteroatoms. The molecule has 3 nitrogen and oxygen atoms in total. The fraction of sp³-hybridized carbons (Fsp3) is 0.769. The molecule has 1 aromatic heterocycles. The standard InChI is InChI=1S/C13H19NO2S/c1-9-12(17-8-14-9)11(15)10-3-6-16-13(7-10)4-2-5-13/h8,10-11,15H,2-7H2,1H3. The summed E-state index contributed by atoms with van der Waals surface area (Å²) in [6, 6.07) is 0. The van der Waals surface area contributed by atoms with Gasteiger partial charge in [0.05, 0.1) is 27.8 Å². The molecule has 2 heterocycles. The maximum absolute atomic E-state index is 10.5. The molecule has 2 unspecified atom stereocenters. The van der Waals surface area contributed by atoms with Gasteiger partial charge in [-0.3, -0.25) is 0 Å².